The molecule has 1 N–H and O–H groups in total. The maximum atomic E-state index is 12.7. The molecular formula is C17H17ClN4O3. The molecule has 0 saturated carbocycles. The van der Waals surface area contributed by atoms with Crippen LogP contribution in [0.2, 0.25) is 5.02 Å². The summed E-state index contributed by atoms with van der Waals surface area (Å²) in [7, 11) is 1.70. The van der Waals surface area contributed by atoms with E-state index in [2.05, 4.69) is 10.3 Å². The number of amides is 3. The Bertz CT molecular complexity index is 874. The number of hydrogen-bond acceptors (Lipinski definition) is 4. The quantitative estimate of drug-likeness (QED) is 0.848. The van der Waals surface area contributed by atoms with Gasteiger partial charge in [-0.25, -0.2) is 9.59 Å². The number of likely N-dealkylation sites (N-methyl/N-ethyl adjacent to an activating group) is 1. The Hall–Kier alpha value is -2.54. The molecule has 0 unspecified atom stereocenters. The average Bonchev–Trinajstić information content (AvgIpc) is 3.13. The van der Waals surface area contributed by atoms with Crippen molar-refractivity contribution in [1.82, 2.24) is 14.8 Å². The lowest BCUT2D eigenvalue weighted by Crippen LogP contribution is -2.40. The van der Waals surface area contributed by atoms with E-state index in [0.29, 0.717) is 42.3 Å². The molecule has 1 spiro atoms. The molecule has 4 rings (SSSR count). The number of likely N-dealkylation sites (tertiary alicyclic amines) is 1. The van der Waals surface area contributed by atoms with Gasteiger partial charge in [0.15, 0.2) is 5.60 Å². The van der Waals surface area contributed by atoms with E-state index in [1.807, 2.05) is 6.07 Å². The lowest BCUT2D eigenvalue weighted by Gasteiger charge is -2.22. The van der Waals surface area contributed by atoms with E-state index in [1.54, 1.807) is 41.2 Å². The summed E-state index contributed by atoms with van der Waals surface area (Å²) in [6.45, 7) is 1.43. The highest BCUT2D eigenvalue weighted by Gasteiger charge is 2.49. The lowest BCUT2D eigenvalue weighted by molar-refractivity contribution is 0.0663. The highest BCUT2D eigenvalue weighted by atomic mass is 35.5. The monoisotopic (exact) mass is 360 g/mol. The van der Waals surface area contributed by atoms with Crippen LogP contribution < -0.4 is 5.32 Å². The van der Waals surface area contributed by atoms with Crippen LogP contribution in [0, 0.1) is 0 Å². The van der Waals surface area contributed by atoms with Crippen molar-refractivity contribution < 1.29 is 14.3 Å². The third kappa shape index (κ3) is 2.74. The van der Waals surface area contributed by atoms with Crippen molar-refractivity contribution in [3.05, 3.63) is 35.5 Å². The maximum absolute atomic E-state index is 12.7. The Morgan fingerprint density at radius 3 is 2.96 bits per heavy atom. The van der Waals surface area contributed by atoms with Crippen LogP contribution in [0.25, 0.3) is 10.9 Å². The van der Waals surface area contributed by atoms with E-state index < -0.39 is 5.60 Å². The first-order valence-electron chi connectivity index (χ1n) is 8.01. The first-order valence-corrected chi connectivity index (χ1v) is 8.39. The number of rotatable bonds is 1. The molecule has 8 heteroatoms. The number of aromatic nitrogens is 1. The summed E-state index contributed by atoms with van der Waals surface area (Å²) < 4.78 is 5.48. The van der Waals surface area contributed by atoms with Gasteiger partial charge in [-0.2, -0.15) is 0 Å². The number of carbonyl (C=O) groups excluding carboxylic acids is 2. The first-order chi connectivity index (χ1) is 12.0. The molecule has 7 nitrogen and oxygen atoms in total. The fourth-order valence-electron chi connectivity index (χ4n) is 3.46. The van der Waals surface area contributed by atoms with E-state index in [1.165, 1.54) is 0 Å². The maximum Gasteiger partial charge on any atom is 0.410 e. The van der Waals surface area contributed by atoms with Crippen LogP contribution >= 0.6 is 11.6 Å². The minimum Gasteiger partial charge on any atom is -0.439 e. The summed E-state index contributed by atoms with van der Waals surface area (Å²) in [6, 6.07) is 6.91. The smallest absolute Gasteiger partial charge is 0.410 e. The molecule has 0 bridgehead atoms. The molecule has 3 heterocycles. The number of nitrogens with one attached hydrogen (secondary N) is 1. The molecule has 130 valence electrons. The van der Waals surface area contributed by atoms with Gasteiger partial charge in [0, 0.05) is 31.6 Å². The number of anilines is 1. The highest BCUT2D eigenvalue weighted by Crippen LogP contribution is 2.33. The van der Waals surface area contributed by atoms with Crippen LogP contribution in [-0.2, 0) is 4.74 Å². The minimum atomic E-state index is -0.590. The molecule has 2 aromatic rings. The van der Waals surface area contributed by atoms with Gasteiger partial charge < -0.3 is 19.9 Å². The summed E-state index contributed by atoms with van der Waals surface area (Å²) in [6.07, 6.45) is 1.96. The lowest BCUT2D eigenvalue weighted by atomic mass is 10.0. The number of nitrogens with zero attached hydrogens (tertiary/aromatic N) is 3. The van der Waals surface area contributed by atoms with E-state index in [4.69, 9.17) is 16.3 Å². The number of hydrogen-bond donors (Lipinski definition) is 1. The molecule has 0 aliphatic carbocycles. The molecule has 2 aliphatic rings. The molecule has 1 aromatic carbocycles. The Morgan fingerprint density at radius 2 is 2.20 bits per heavy atom. The standard InChI is InChI=1S/C17H17ClN4O3/c1-21-9-17(25-16(21)24)6-8-22(10-17)15(23)20-13-5-4-12(18)14-11(13)3-2-7-19-14/h2-5,7H,6,8-10H2,1H3,(H,20,23)/t17-/m1/s1. The predicted octanol–water partition coefficient (Wildman–Crippen LogP) is 2.95. The van der Waals surface area contributed by atoms with E-state index in [-0.39, 0.29) is 12.1 Å². The van der Waals surface area contributed by atoms with Gasteiger partial charge >= 0.3 is 12.1 Å². The second kappa shape index (κ2) is 5.77. The van der Waals surface area contributed by atoms with Crippen LogP contribution in [0.1, 0.15) is 6.42 Å². The molecule has 0 radical (unpaired) electrons. The van der Waals surface area contributed by atoms with Crippen molar-refractivity contribution in [2.24, 2.45) is 0 Å². The predicted molar refractivity (Wildman–Crippen MR) is 93.8 cm³/mol. The summed E-state index contributed by atoms with van der Waals surface area (Å²) in [5, 5.41) is 4.24. The van der Waals surface area contributed by atoms with Gasteiger partial charge in [0.2, 0.25) is 0 Å². The average molecular weight is 361 g/mol. The molecule has 2 fully saturated rings. The SMILES string of the molecule is CN1C[C@@]2(CCN(C(=O)Nc3ccc(Cl)c4ncccc34)C2)OC1=O. The van der Waals surface area contributed by atoms with E-state index in [0.717, 1.165) is 5.39 Å². The zero-order chi connectivity index (χ0) is 17.6. The van der Waals surface area contributed by atoms with E-state index >= 15 is 0 Å². The number of urea groups is 1. The van der Waals surface area contributed by atoms with Gasteiger partial charge in [-0.15, -0.1) is 0 Å². The topological polar surface area (TPSA) is 74.8 Å². The van der Waals surface area contributed by atoms with Crippen LogP contribution in [0.3, 0.4) is 0 Å². The zero-order valence-corrected chi connectivity index (χ0v) is 14.4. The Kier molecular flexibility index (Phi) is 3.68. The number of pyridine rings is 1. The number of fused-ring (bicyclic) bond motifs is 1. The van der Waals surface area contributed by atoms with Crippen molar-refractivity contribution in [2.45, 2.75) is 12.0 Å². The van der Waals surface area contributed by atoms with Crippen molar-refractivity contribution in [2.75, 3.05) is 32.0 Å². The minimum absolute atomic E-state index is 0.227. The fraction of sp³-hybridized carbons (Fsp3) is 0.353. The van der Waals surface area contributed by atoms with Crippen molar-refractivity contribution in [3.8, 4) is 0 Å². The molecule has 2 aliphatic heterocycles. The molecule has 3 amide bonds. The van der Waals surface area contributed by atoms with Gasteiger partial charge in [0.25, 0.3) is 0 Å². The third-order valence-corrected chi connectivity index (χ3v) is 5.01. The summed E-state index contributed by atoms with van der Waals surface area (Å²) in [5.41, 5.74) is 0.706. The van der Waals surface area contributed by atoms with Crippen LogP contribution in [-0.4, -0.2) is 59.2 Å². The first kappa shape index (κ1) is 16.0. The second-order valence-corrected chi connectivity index (χ2v) is 6.91. The summed E-state index contributed by atoms with van der Waals surface area (Å²) >= 11 is 6.16. The Labute approximate surface area is 149 Å². The normalized spacial score (nSPS) is 22.7. The van der Waals surface area contributed by atoms with Crippen LogP contribution in [0.4, 0.5) is 15.3 Å². The van der Waals surface area contributed by atoms with Crippen molar-refractivity contribution in [3.63, 3.8) is 0 Å². The Morgan fingerprint density at radius 1 is 1.36 bits per heavy atom. The Balaban J connectivity index is 1.52. The van der Waals surface area contributed by atoms with Gasteiger partial charge in [-0.3, -0.25) is 4.98 Å². The van der Waals surface area contributed by atoms with Crippen LogP contribution in [0.15, 0.2) is 30.5 Å². The summed E-state index contributed by atoms with van der Waals surface area (Å²) in [4.78, 5) is 31.8. The van der Waals surface area contributed by atoms with Crippen LogP contribution in [0.5, 0.6) is 0 Å². The van der Waals surface area contributed by atoms with E-state index in [9.17, 15) is 9.59 Å². The zero-order valence-electron chi connectivity index (χ0n) is 13.7. The molecule has 1 atom stereocenters. The molecular weight excluding hydrogens is 344 g/mol. The number of carbonyl (C=O) groups is 2. The van der Waals surface area contributed by atoms with Gasteiger partial charge in [0.1, 0.15) is 0 Å². The third-order valence-electron chi connectivity index (χ3n) is 4.71. The van der Waals surface area contributed by atoms with Crippen molar-refractivity contribution >= 4 is 40.3 Å². The second-order valence-electron chi connectivity index (χ2n) is 6.50. The van der Waals surface area contributed by atoms with Gasteiger partial charge in [-0.1, -0.05) is 11.6 Å². The summed E-state index contributed by atoms with van der Waals surface area (Å²) in [5.74, 6) is 0. The molecule has 2 saturated heterocycles. The number of halogens is 1. The highest BCUT2D eigenvalue weighted by molar-refractivity contribution is 6.35. The van der Waals surface area contributed by atoms with Crippen molar-refractivity contribution in [1.29, 1.82) is 0 Å². The molecule has 25 heavy (non-hydrogen) atoms. The fourth-order valence-corrected chi connectivity index (χ4v) is 3.68. The largest absolute Gasteiger partial charge is 0.439 e. The van der Waals surface area contributed by atoms with Gasteiger partial charge in [-0.05, 0) is 24.3 Å². The number of ether oxygens (including phenoxy) is 1. The molecule has 1 aromatic heterocycles. The van der Waals surface area contributed by atoms with Gasteiger partial charge in [0.05, 0.1) is 29.3 Å². The number of benzene rings is 1.